The summed E-state index contributed by atoms with van der Waals surface area (Å²) in [7, 11) is 0. The highest BCUT2D eigenvalue weighted by Crippen LogP contribution is 2.27. The first kappa shape index (κ1) is 16.7. The maximum atomic E-state index is 12.3. The Morgan fingerprint density at radius 1 is 1.40 bits per heavy atom. The van der Waals surface area contributed by atoms with Gasteiger partial charge in [-0.05, 0) is 36.3 Å². The van der Waals surface area contributed by atoms with E-state index in [1.165, 1.54) is 0 Å². The van der Waals surface area contributed by atoms with Crippen molar-refractivity contribution in [2.24, 2.45) is 11.3 Å². The maximum absolute atomic E-state index is 12.3. The number of thiophene rings is 1. The summed E-state index contributed by atoms with van der Waals surface area (Å²) in [6.45, 7) is 10.1. The first-order chi connectivity index (χ1) is 9.27. The lowest BCUT2D eigenvalue weighted by Gasteiger charge is -2.27. The highest BCUT2D eigenvalue weighted by atomic mass is 32.1. The quantitative estimate of drug-likeness (QED) is 0.671. The summed E-state index contributed by atoms with van der Waals surface area (Å²) in [5.74, 6) is -1.52. The van der Waals surface area contributed by atoms with Gasteiger partial charge in [0.05, 0.1) is 13.2 Å². The second-order valence-corrected chi connectivity index (χ2v) is 6.80. The standard InChI is InChI=1S/C15H23NO3S/c1-6-19-14(18)12(15(3,4)5)13(17)16-9-11-10(2)7-8-20-11/h7-8,12H,6,9H2,1-5H3,(H,16,17). The van der Waals surface area contributed by atoms with Crippen molar-refractivity contribution in [3.05, 3.63) is 21.9 Å². The molecule has 0 radical (unpaired) electrons. The van der Waals surface area contributed by atoms with Crippen LogP contribution in [0, 0.1) is 18.3 Å². The van der Waals surface area contributed by atoms with Crippen LogP contribution < -0.4 is 5.32 Å². The smallest absolute Gasteiger partial charge is 0.319 e. The van der Waals surface area contributed by atoms with E-state index in [2.05, 4.69) is 5.32 Å². The summed E-state index contributed by atoms with van der Waals surface area (Å²) in [4.78, 5) is 25.4. The Labute approximate surface area is 124 Å². The Hall–Kier alpha value is -1.36. The largest absolute Gasteiger partial charge is 0.465 e. The summed E-state index contributed by atoms with van der Waals surface area (Å²) in [5.41, 5.74) is 0.680. The molecule has 0 aromatic carbocycles. The molecule has 0 fully saturated rings. The van der Waals surface area contributed by atoms with E-state index in [0.717, 1.165) is 10.4 Å². The van der Waals surface area contributed by atoms with Gasteiger partial charge in [-0.25, -0.2) is 0 Å². The lowest BCUT2D eigenvalue weighted by Crippen LogP contribution is -2.43. The molecule has 1 atom stereocenters. The number of amides is 1. The highest BCUT2D eigenvalue weighted by molar-refractivity contribution is 7.10. The van der Waals surface area contributed by atoms with Crippen LogP contribution in [0.5, 0.6) is 0 Å². The molecule has 0 aliphatic carbocycles. The third-order valence-corrected chi connectivity index (χ3v) is 4.06. The molecular formula is C15H23NO3S. The predicted octanol–water partition coefficient (Wildman–Crippen LogP) is 2.90. The number of rotatable bonds is 5. The van der Waals surface area contributed by atoms with Crippen molar-refractivity contribution in [1.29, 1.82) is 0 Å². The molecule has 1 rings (SSSR count). The number of carbonyl (C=O) groups excluding carboxylic acids is 2. The average Bonchev–Trinajstić information content (AvgIpc) is 2.71. The van der Waals surface area contributed by atoms with Crippen molar-refractivity contribution in [2.45, 2.75) is 41.2 Å². The van der Waals surface area contributed by atoms with Gasteiger partial charge < -0.3 is 10.1 Å². The third kappa shape index (κ3) is 4.34. The molecule has 112 valence electrons. The van der Waals surface area contributed by atoms with Gasteiger partial charge in [-0.3, -0.25) is 9.59 Å². The number of esters is 1. The molecule has 1 aromatic rings. The summed E-state index contributed by atoms with van der Waals surface area (Å²) in [6.07, 6.45) is 0. The minimum Gasteiger partial charge on any atom is -0.465 e. The van der Waals surface area contributed by atoms with Crippen LogP contribution in [0.4, 0.5) is 0 Å². The zero-order chi connectivity index (χ0) is 15.3. The first-order valence-corrected chi connectivity index (χ1v) is 7.62. The molecule has 4 nitrogen and oxygen atoms in total. The van der Waals surface area contributed by atoms with Crippen molar-refractivity contribution < 1.29 is 14.3 Å². The fourth-order valence-corrected chi connectivity index (χ4v) is 2.78. The zero-order valence-electron chi connectivity index (χ0n) is 12.8. The fourth-order valence-electron chi connectivity index (χ4n) is 1.93. The normalized spacial score (nSPS) is 12.8. The van der Waals surface area contributed by atoms with Crippen LogP contribution >= 0.6 is 11.3 Å². The van der Waals surface area contributed by atoms with Crippen LogP contribution in [0.1, 0.15) is 38.1 Å². The van der Waals surface area contributed by atoms with E-state index in [1.807, 2.05) is 39.1 Å². The number of ether oxygens (including phenoxy) is 1. The molecule has 0 saturated carbocycles. The maximum Gasteiger partial charge on any atom is 0.319 e. The van der Waals surface area contributed by atoms with Gasteiger partial charge in [-0.1, -0.05) is 20.8 Å². The molecule has 1 amide bonds. The minimum atomic E-state index is -0.789. The van der Waals surface area contributed by atoms with Gasteiger partial charge in [0.25, 0.3) is 0 Å². The van der Waals surface area contributed by atoms with Crippen molar-refractivity contribution in [3.8, 4) is 0 Å². The summed E-state index contributed by atoms with van der Waals surface area (Å²) < 4.78 is 5.02. The van der Waals surface area contributed by atoms with E-state index in [9.17, 15) is 9.59 Å². The average molecular weight is 297 g/mol. The van der Waals surface area contributed by atoms with Gasteiger partial charge in [0, 0.05) is 4.88 Å². The van der Waals surface area contributed by atoms with E-state index in [-0.39, 0.29) is 12.5 Å². The summed E-state index contributed by atoms with van der Waals surface area (Å²) >= 11 is 1.60. The number of nitrogens with one attached hydrogen (secondary N) is 1. The second-order valence-electron chi connectivity index (χ2n) is 5.80. The van der Waals surface area contributed by atoms with Gasteiger partial charge in [-0.15, -0.1) is 11.3 Å². The van der Waals surface area contributed by atoms with Crippen molar-refractivity contribution in [2.75, 3.05) is 6.61 Å². The van der Waals surface area contributed by atoms with Crippen molar-refractivity contribution in [3.63, 3.8) is 0 Å². The minimum absolute atomic E-state index is 0.274. The fraction of sp³-hybridized carbons (Fsp3) is 0.600. The molecule has 5 heteroatoms. The number of hydrogen-bond donors (Lipinski definition) is 1. The molecule has 1 unspecified atom stereocenters. The second kappa shape index (κ2) is 6.88. The Kier molecular flexibility index (Phi) is 5.74. The topological polar surface area (TPSA) is 55.4 Å². The summed E-state index contributed by atoms with van der Waals surface area (Å²) in [5, 5.41) is 4.83. The van der Waals surface area contributed by atoms with E-state index in [0.29, 0.717) is 6.54 Å². The lowest BCUT2D eigenvalue weighted by atomic mass is 9.80. The molecule has 1 N–H and O–H groups in total. The van der Waals surface area contributed by atoms with E-state index in [1.54, 1.807) is 18.3 Å². The Morgan fingerprint density at radius 2 is 2.05 bits per heavy atom. The van der Waals surface area contributed by atoms with Crippen LogP contribution in [0.3, 0.4) is 0 Å². The monoisotopic (exact) mass is 297 g/mol. The van der Waals surface area contributed by atoms with E-state index < -0.39 is 17.3 Å². The van der Waals surface area contributed by atoms with Gasteiger partial charge in [-0.2, -0.15) is 0 Å². The van der Waals surface area contributed by atoms with E-state index in [4.69, 9.17) is 4.74 Å². The molecule has 0 aliphatic rings. The molecule has 0 bridgehead atoms. The SMILES string of the molecule is CCOC(=O)C(C(=O)NCc1sccc1C)C(C)(C)C. The molecule has 0 saturated heterocycles. The molecule has 1 aromatic heterocycles. The molecular weight excluding hydrogens is 274 g/mol. The lowest BCUT2D eigenvalue weighted by molar-refractivity contribution is -0.156. The Morgan fingerprint density at radius 3 is 2.50 bits per heavy atom. The number of hydrogen-bond acceptors (Lipinski definition) is 4. The van der Waals surface area contributed by atoms with Crippen LogP contribution in [-0.2, 0) is 20.9 Å². The van der Waals surface area contributed by atoms with Gasteiger partial charge in [0.1, 0.15) is 5.92 Å². The number of carbonyl (C=O) groups is 2. The molecule has 0 aliphatic heterocycles. The summed E-state index contributed by atoms with van der Waals surface area (Å²) in [6, 6.07) is 2.01. The van der Waals surface area contributed by atoms with Crippen LogP contribution in [-0.4, -0.2) is 18.5 Å². The Bertz CT molecular complexity index is 474. The molecule has 20 heavy (non-hydrogen) atoms. The van der Waals surface area contributed by atoms with Crippen LogP contribution in [0.15, 0.2) is 11.4 Å². The van der Waals surface area contributed by atoms with Crippen molar-refractivity contribution in [1.82, 2.24) is 5.32 Å². The van der Waals surface area contributed by atoms with E-state index >= 15 is 0 Å². The predicted molar refractivity (Wildman–Crippen MR) is 80.5 cm³/mol. The third-order valence-electron chi connectivity index (χ3n) is 3.04. The molecule has 1 heterocycles. The van der Waals surface area contributed by atoms with Gasteiger partial charge >= 0.3 is 5.97 Å². The zero-order valence-corrected chi connectivity index (χ0v) is 13.6. The Balaban J connectivity index is 2.74. The van der Waals surface area contributed by atoms with Crippen LogP contribution in [0.25, 0.3) is 0 Å². The highest BCUT2D eigenvalue weighted by Gasteiger charge is 2.38. The van der Waals surface area contributed by atoms with Crippen molar-refractivity contribution >= 4 is 23.2 Å². The first-order valence-electron chi connectivity index (χ1n) is 6.74. The number of aryl methyl sites for hydroxylation is 1. The van der Waals surface area contributed by atoms with Gasteiger partial charge in [0.15, 0.2) is 0 Å². The van der Waals surface area contributed by atoms with Gasteiger partial charge in [0.2, 0.25) is 5.91 Å². The van der Waals surface area contributed by atoms with Crippen LogP contribution in [0.2, 0.25) is 0 Å². The molecule has 0 spiro atoms.